The van der Waals surface area contributed by atoms with Gasteiger partial charge in [0.2, 0.25) is 5.78 Å². The number of ether oxygens (including phenoxy) is 1. The second-order valence-corrected chi connectivity index (χ2v) is 9.96. The molecular formula is C23H28F2O6. The summed E-state index contributed by atoms with van der Waals surface area (Å²) in [7, 11) is 0. The van der Waals surface area contributed by atoms with Crippen molar-refractivity contribution in [1.82, 2.24) is 0 Å². The molecule has 6 nitrogen and oxygen atoms in total. The number of aliphatic hydroxyl groups is 2. The molecule has 4 aliphatic rings. The molecule has 0 heterocycles. The highest BCUT2D eigenvalue weighted by molar-refractivity contribution is 6.01. The number of alkyl halides is 2. The average Bonchev–Trinajstić information content (AvgIpc) is 2.96. The summed E-state index contributed by atoms with van der Waals surface area (Å²) < 4.78 is 36.9. The number of carbonyl (C=O) groups excluding carboxylic acids is 3. The van der Waals surface area contributed by atoms with E-state index in [1.54, 1.807) is 6.92 Å². The number of Topliss-reactive ketones (excluding diaryl/α,β-unsaturated/α-hetero) is 1. The first kappa shape index (κ1) is 22.3. The van der Waals surface area contributed by atoms with Crippen LogP contribution in [0.2, 0.25) is 0 Å². The van der Waals surface area contributed by atoms with Crippen molar-refractivity contribution < 1.29 is 38.1 Å². The lowest BCUT2D eigenvalue weighted by Gasteiger charge is -2.63. The number of aliphatic hydroxyl groups excluding tert-OH is 1. The zero-order valence-corrected chi connectivity index (χ0v) is 17.9. The number of ketones is 2. The second-order valence-electron chi connectivity index (χ2n) is 9.96. The predicted molar refractivity (Wildman–Crippen MR) is 105 cm³/mol. The van der Waals surface area contributed by atoms with Gasteiger partial charge in [0.15, 0.2) is 18.1 Å². The molecule has 0 aromatic rings. The molecule has 31 heavy (non-hydrogen) atoms. The van der Waals surface area contributed by atoms with Gasteiger partial charge in [0, 0.05) is 23.7 Å². The Balaban J connectivity index is 1.75. The van der Waals surface area contributed by atoms with E-state index in [0.717, 1.165) is 13.0 Å². The summed E-state index contributed by atoms with van der Waals surface area (Å²) in [4.78, 5) is 35.8. The minimum atomic E-state index is -2.26. The Morgan fingerprint density at radius 3 is 2.61 bits per heavy atom. The standard InChI is InChI=1S/C23H28F2O6/c1-12(26)31-11-19(29)22(30)7-5-14-15-9-17(24)16-8-13(27)4-6-20(16,2)23(15,25)18(28)10-21(14,22)3/h4,6,8,14-15,17-18,28,30H,5,7,9-11H2,1-3H3/t14-,15-,17+,18-,20-,21-,22-,23-/m0/s1. The normalized spacial score (nSPS) is 48.4. The largest absolute Gasteiger partial charge is 0.458 e. The third kappa shape index (κ3) is 2.70. The number of hydrogen-bond acceptors (Lipinski definition) is 6. The van der Waals surface area contributed by atoms with E-state index in [9.17, 15) is 24.6 Å². The molecule has 2 N–H and O–H groups in total. The van der Waals surface area contributed by atoms with E-state index in [4.69, 9.17) is 4.74 Å². The van der Waals surface area contributed by atoms with Crippen LogP contribution in [0.4, 0.5) is 8.78 Å². The molecule has 0 spiro atoms. The van der Waals surface area contributed by atoms with Gasteiger partial charge in [-0.2, -0.15) is 0 Å². The fraction of sp³-hybridized carbons (Fsp3) is 0.696. The maximum atomic E-state index is 16.9. The van der Waals surface area contributed by atoms with Crippen LogP contribution in [0.3, 0.4) is 0 Å². The van der Waals surface area contributed by atoms with E-state index in [2.05, 4.69) is 0 Å². The smallest absolute Gasteiger partial charge is 0.303 e. The number of halogens is 2. The number of carbonyl (C=O) groups is 3. The van der Waals surface area contributed by atoms with Gasteiger partial charge in [0.25, 0.3) is 0 Å². The number of hydrogen-bond donors (Lipinski definition) is 2. The summed E-state index contributed by atoms with van der Waals surface area (Å²) in [6.45, 7) is 3.66. The van der Waals surface area contributed by atoms with Gasteiger partial charge >= 0.3 is 5.97 Å². The van der Waals surface area contributed by atoms with E-state index in [1.807, 2.05) is 0 Å². The summed E-state index contributed by atoms with van der Waals surface area (Å²) in [5.41, 5.74) is -6.87. The number of allylic oxidation sites excluding steroid dienone is 4. The van der Waals surface area contributed by atoms with Gasteiger partial charge in [0.1, 0.15) is 11.8 Å². The SMILES string of the molecule is CC(=O)OCC(=O)[C@@]1(O)CC[C@H]2[C@@H]3C[C@@H](F)C4=CC(=O)C=C[C@]4(C)[C@@]3(F)[C@@H](O)C[C@@]21C. The molecule has 170 valence electrons. The van der Waals surface area contributed by atoms with Crippen molar-refractivity contribution in [3.8, 4) is 0 Å². The molecule has 0 radical (unpaired) electrons. The van der Waals surface area contributed by atoms with Crippen LogP contribution in [0.25, 0.3) is 0 Å². The van der Waals surface area contributed by atoms with Crippen molar-refractivity contribution in [3.63, 3.8) is 0 Å². The van der Waals surface area contributed by atoms with Crippen molar-refractivity contribution >= 4 is 17.5 Å². The molecule has 0 amide bonds. The van der Waals surface area contributed by atoms with Crippen molar-refractivity contribution in [2.24, 2.45) is 22.7 Å². The van der Waals surface area contributed by atoms with Gasteiger partial charge in [-0.3, -0.25) is 14.4 Å². The van der Waals surface area contributed by atoms with Crippen LogP contribution in [-0.4, -0.2) is 57.9 Å². The van der Waals surface area contributed by atoms with Crippen LogP contribution in [0.1, 0.15) is 46.5 Å². The molecule has 4 aliphatic carbocycles. The minimum Gasteiger partial charge on any atom is -0.458 e. The molecule has 3 fully saturated rings. The summed E-state index contributed by atoms with van der Waals surface area (Å²) in [6.07, 6.45) is 0.327. The van der Waals surface area contributed by atoms with E-state index in [-0.39, 0.29) is 31.3 Å². The molecule has 8 heteroatoms. The van der Waals surface area contributed by atoms with E-state index < -0.39 is 70.4 Å². The van der Waals surface area contributed by atoms with Gasteiger partial charge in [-0.1, -0.05) is 13.0 Å². The Hall–Kier alpha value is -1.93. The van der Waals surface area contributed by atoms with Crippen molar-refractivity contribution in [1.29, 1.82) is 0 Å². The molecule has 4 rings (SSSR count). The lowest BCUT2D eigenvalue weighted by atomic mass is 9.44. The Morgan fingerprint density at radius 1 is 1.29 bits per heavy atom. The highest BCUT2D eigenvalue weighted by Crippen LogP contribution is 2.70. The topological polar surface area (TPSA) is 101 Å². The van der Waals surface area contributed by atoms with Crippen molar-refractivity contribution in [2.45, 2.75) is 70.0 Å². The summed E-state index contributed by atoms with van der Waals surface area (Å²) in [5, 5.41) is 22.5. The van der Waals surface area contributed by atoms with Gasteiger partial charge < -0.3 is 14.9 Å². The van der Waals surface area contributed by atoms with Gasteiger partial charge in [-0.25, -0.2) is 8.78 Å². The number of fused-ring (bicyclic) bond motifs is 5. The molecule has 3 saturated carbocycles. The first-order chi connectivity index (χ1) is 14.3. The number of rotatable bonds is 3. The minimum absolute atomic E-state index is 0.0122. The molecule has 0 aliphatic heterocycles. The van der Waals surface area contributed by atoms with Crippen LogP contribution in [0.15, 0.2) is 23.8 Å². The Morgan fingerprint density at radius 2 is 1.97 bits per heavy atom. The van der Waals surface area contributed by atoms with Gasteiger partial charge in [0.05, 0.1) is 6.10 Å². The lowest BCUT2D eigenvalue weighted by molar-refractivity contribution is -0.222. The van der Waals surface area contributed by atoms with Crippen molar-refractivity contribution in [2.75, 3.05) is 6.61 Å². The highest BCUT2D eigenvalue weighted by Gasteiger charge is 2.75. The third-order valence-electron chi connectivity index (χ3n) is 8.65. The first-order valence-electron chi connectivity index (χ1n) is 10.7. The lowest BCUT2D eigenvalue weighted by Crippen LogP contribution is -2.70. The van der Waals surface area contributed by atoms with Crippen LogP contribution in [0, 0.1) is 22.7 Å². The quantitative estimate of drug-likeness (QED) is 0.655. The summed E-state index contributed by atoms with van der Waals surface area (Å²) in [6, 6.07) is 0. The van der Waals surface area contributed by atoms with Gasteiger partial charge in [-0.15, -0.1) is 0 Å². The number of esters is 1. The first-order valence-corrected chi connectivity index (χ1v) is 10.7. The molecule has 0 aromatic heterocycles. The van der Waals surface area contributed by atoms with Crippen LogP contribution < -0.4 is 0 Å². The van der Waals surface area contributed by atoms with E-state index in [1.165, 1.54) is 19.1 Å². The zero-order chi connectivity index (χ0) is 23.0. The van der Waals surface area contributed by atoms with E-state index >= 15 is 8.78 Å². The summed E-state index contributed by atoms with van der Waals surface area (Å²) in [5.74, 6) is -3.32. The Kier molecular flexibility index (Phi) is 4.87. The fourth-order valence-electron chi connectivity index (χ4n) is 6.95. The zero-order valence-electron chi connectivity index (χ0n) is 17.9. The molecule has 0 aromatic carbocycles. The monoisotopic (exact) mass is 438 g/mol. The molecule has 8 atom stereocenters. The molecule has 0 saturated heterocycles. The van der Waals surface area contributed by atoms with Crippen LogP contribution in [0.5, 0.6) is 0 Å². The maximum absolute atomic E-state index is 16.9. The van der Waals surface area contributed by atoms with E-state index in [0.29, 0.717) is 0 Å². The Bertz CT molecular complexity index is 914. The highest BCUT2D eigenvalue weighted by atomic mass is 19.1. The predicted octanol–water partition coefficient (Wildman–Crippen LogP) is 2.17. The molecule has 0 bridgehead atoms. The van der Waals surface area contributed by atoms with Crippen LogP contribution in [-0.2, 0) is 19.1 Å². The molecular weight excluding hydrogens is 410 g/mol. The average molecular weight is 438 g/mol. The maximum Gasteiger partial charge on any atom is 0.303 e. The van der Waals surface area contributed by atoms with Crippen molar-refractivity contribution in [3.05, 3.63) is 23.8 Å². The van der Waals surface area contributed by atoms with Gasteiger partial charge in [-0.05, 0) is 56.3 Å². The summed E-state index contributed by atoms with van der Waals surface area (Å²) >= 11 is 0. The van der Waals surface area contributed by atoms with Crippen LogP contribution >= 0.6 is 0 Å². The Labute approximate surface area is 179 Å². The fourth-order valence-corrected chi connectivity index (χ4v) is 6.95. The molecule has 0 unspecified atom stereocenters. The third-order valence-corrected chi connectivity index (χ3v) is 8.65. The second kappa shape index (κ2) is 6.78.